The van der Waals surface area contributed by atoms with Crippen LogP contribution in [0.15, 0.2) is 4.52 Å². The molecule has 4 heterocycles. The number of nitrogens with zero attached hydrogens (tertiary/aromatic N) is 5. The number of aromatic nitrogens is 4. The molecule has 0 aromatic carbocycles. The van der Waals surface area contributed by atoms with Gasteiger partial charge in [0.05, 0.1) is 18.3 Å². The smallest absolute Gasteiger partial charge is 0.259 e. The summed E-state index contributed by atoms with van der Waals surface area (Å²) in [5.74, 6) is 2.79. The molecule has 1 atom stereocenters. The molecule has 0 saturated carbocycles. The molecule has 4 rings (SSSR count). The van der Waals surface area contributed by atoms with Crippen molar-refractivity contribution in [2.45, 2.75) is 52.1 Å². The first-order valence-corrected chi connectivity index (χ1v) is 8.79. The highest BCUT2D eigenvalue weighted by atomic mass is 16.5. The minimum atomic E-state index is -0.0510. The lowest BCUT2D eigenvalue weighted by atomic mass is 9.98. The molecule has 1 amide bonds. The summed E-state index contributed by atoms with van der Waals surface area (Å²) in [5.41, 5.74) is 1.19. The van der Waals surface area contributed by atoms with Crippen LogP contribution in [-0.4, -0.2) is 50.5 Å². The lowest BCUT2D eigenvalue weighted by Gasteiger charge is -2.34. The number of rotatable bonds is 2. The summed E-state index contributed by atoms with van der Waals surface area (Å²) in [6.07, 6.45) is 1.96. The van der Waals surface area contributed by atoms with E-state index in [9.17, 15) is 4.79 Å². The van der Waals surface area contributed by atoms with Gasteiger partial charge in [-0.25, -0.2) is 0 Å². The minimum Gasteiger partial charge on any atom is -0.381 e. The molecule has 0 aliphatic carbocycles. The average molecular weight is 345 g/mol. The van der Waals surface area contributed by atoms with Crippen molar-refractivity contribution in [2.24, 2.45) is 0 Å². The van der Waals surface area contributed by atoms with Crippen LogP contribution in [0, 0.1) is 13.8 Å². The minimum absolute atomic E-state index is 0.0510. The Kier molecular flexibility index (Phi) is 4.07. The second-order valence-corrected chi connectivity index (χ2v) is 6.96. The predicted molar refractivity (Wildman–Crippen MR) is 88.2 cm³/mol. The maximum Gasteiger partial charge on any atom is 0.259 e. The van der Waals surface area contributed by atoms with Crippen molar-refractivity contribution in [1.82, 2.24) is 24.8 Å². The maximum atomic E-state index is 12.9. The monoisotopic (exact) mass is 345 g/mol. The second kappa shape index (κ2) is 6.25. The Morgan fingerprint density at radius 1 is 1.20 bits per heavy atom. The van der Waals surface area contributed by atoms with Crippen molar-refractivity contribution in [3.05, 3.63) is 28.7 Å². The Bertz CT molecular complexity index is 771. The van der Waals surface area contributed by atoms with Gasteiger partial charge in [-0.15, -0.1) is 10.2 Å². The first kappa shape index (κ1) is 16.3. The number of hydrogen-bond acceptors (Lipinski definition) is 6. The number of aryl methyl sites for hydroxylation is 2. The van der Waals surface area contributed by atoms with E-state index in [0.717, 1.165) is 37.7 Å². The molecule has 0 radical (unpaired) electrons. The van der Waals surface area contributed by atoms with Crippen LogP contribution >= 0.6 is 0 Å². The predicted octanol–water partition coefficient (Wildman–Crippen LogP) is 1.99. The van der Waals surface area contributed by atoms with Crippen LogP contribution in [0.2, 0.25) is 0 Å². The van der Waals surface area contributed by atoms with Gasteiger partial charge < -0.3 is 18.7 Å². The van der Waals surface area contributed by atoms with E-state index in [0.29, 0.717) is 36.0 Å². The van der Waals surface area contributed by atoms with Gasteiger partial charge in [0.2, 0.25) is 0 Å². The van der Waals surface area contributed by atoms with E-state index >= 15 is 0 Å². The highest BCUT2D eigenvalue weighted by molar-refractivity contribution is 5.96. The van der Waals surface area contributed by atoms with Gasteiger partial charge >= 0.3 is 0 Å². The average Bonchev–Trinajstić information content (AvgIpc) is 3.19. The Hall–Kier alpha value is -2.22. The van der Waals surface area contributed by atoms with E-state index in [-0.39, 0.29) is 11.9 Å². The third-order valence-corrected chi connectivity index (χ3v) is 5.17. The maximum absolute atomic E-state index is 12.9. The molecular weight excluding hydrogens is 322 g/mol. The van der Waals surface area contributed by atoms with E-state index in [4.69, 9.17) is 9.26 Å². The summed E-state index contributed by atoms with van der Waals surface area (Å²) < 4.78 is 12.8. The van der Waals surface area contributed by atoms with Gasteiger partial charge in [-0.2, -0.15) is 0 Å². The standard InChI is InChI=1S/C17H23N5O3/c1-10-8-21(17(23)15-11(2)20-25-12(15)3)9-14-18-19-16(22(10)14)13-4-6-24-7-5-13/h10,13H,4-9H2,1-3H3/t10-/m0/s1. The van der Waals surface area contributed by atoms with Crippen LogP contribution in [-0.2, 0) is 11.3 Å². The normalized spacial score (nSPS) is 21.4. The van der Waals surface area contributed by atoms with Gasteiger partial charge in [-0.3, -0.25) is 4.79 Å². The zero-order valence-electron chi connectivity index (χ0n) is 14.9. The van der Waals surface area contributed by atoms with Gasteiger partial charge in [-0.1, -0.05) is 5.16 Å². The van der Waals surface area contributed by atoms with Crippen molar-refractivity contribution < 1.29 is 14.1 Å². The Balaban J connectivity index is 1.60. The molecular formula is C17H23N5O3. The molecule has 0 bridgehead atoms. The molecule has 8 nitrogen and oxygen atoms in total. The van der Waals surface area contributed by atoms with E-state index in [1.165, 1.54) is 0 Å². The van der Waals surface area contributed by atoms with Crippen LogP contribution < -0.4 is 0 Å². The van der Waals surface area contributed by atoms with Crippen molar-refractivity contribution in [3.63, 3.8) is 0 Å². The van der Waals surface area contributed by atoms with Crippen LogP contribution in [0.25, 0.3) is 0 Å². The van der Waals surface area contributed by atoms with Crippen LogP contribution in [0.4, 0.5) is 0 Å². The van der Waals surface area contributed by atoms with E-state index in [1.807, 2.05) is 4.90 Å². The van der Waals surface area contributed by atoms with Crippen LogP contribution in [0.5, 0.6) is 0 Å². The lowest BCUT2D eigenvalue weighted by molar-refractivity contribution is 0.0666. The molecule has 2 aliphatic heterocycles. The molecule has 0 spiro atoms. The lowest BCUT2D eigenvalue weighted by Crippen LogP contribution is -2.41. The van der Waals surface area contributed by atoms with E-state index < -0.39 is 0 Å². The van der Waals surface area contributed by atoms with Crippen LogP contribution in [0.3, 0.4) is 0 Å². The third kappa shape index (κ3) is 2.74. The summed E-state index contributed by atoms with van der Waals surface area (Å²) in [7, 11) is 0. The zero-order valence-corrected chi connectivity index (χ0v) is 14.9. The van der Waals surface area contributed by atoms with Crippen molar-refractivity contribution in [1.29, 1.82) is 0 Å². The van der Waals surface area contributed by atoms with Crippen molar-refractivity contribution in [3.8, 4) is 0 Å². The van der Waals surface area contributed by atoms with E-state index in [1.54, 1.807) is 13.8 Å². The Labute approximate surface area is 146 Å². The number of carbonyl (C=O) groups is 1. The Morgan fingerprint density at radius 3 is 2.64 bits per heavy atom. The highest BCUT2D eigenvalue weighted by Gasteiger charge is 2.34. The number of amides is 1. The van der Waals surface area contributed by atoms with Gasteiger partial charge in [0.1, 0.15) is 17.1 Å². The van der Waals surface area contributed by atoms with Gasteiger partial charge in [0.25, 0.3) is 5.91 Å². The first-order valence-electron chi connectivity index (χ1n) is 8.79. The van der Waals surface area contributed by atoms with Crippen molar-refractivity contribution >= 4 is 5.91 Å². The summed E-state index contributed by atoms with van der Waals surface area (Å²) in [4.78, 5) is 14.7. The van der Waals surface area contributed by atoms with Gasteiger partial charge in [-0.05, 0) is 33.6 Å². The zero-order chi connectivity index (χ0) is 17.6. The fourth-order valence-corrected chi connectivity index (χ4v) is 3.90. The van der Waals surface area contributed by atoms with Gasteiger partial charge in [0.15, 0.2) is 5.82 Å². The molecule has 1 fully saturated rings. The number of fused-ring (bicyclic) bond motifs is 1. The summed E-state index contributed by atoms with van der Waals surface area (Å²) >= 11 is 0. The van der Waals surface area contributed by atoms with Crippen LogP contribution in [0.1, 0.15) is 65.2 Å². The Morgan fingerprint density at radius 2 is 1.96 bits per heavy atom. The second-order valence-electron chi connectivity index (χ2n) is 6.96. The number of hydrogen-bond donors (Lipinski definition) is 0. The van der Waals surface area contributed by atoms with Crippen molar-refractivity contribution in [2.75, 3.05) is 19.8 Å². The fraction of sp³-hybridized carbons (Fsp3) is 0.647. The molecule has 2 aliphatic rings. The first-order chi connectivity index (χ1) is 12.1. The fourth-order valence-electron chi connectivity index (χ4n) is 3.90. The summed E-state index contributed by atoms with van der Waals surface area (Å²) in [6.45, 7) is 8.32. The van der Waals surface area contributed by atoms with Gasteiger partial charge in [0, 0.05) is 25.7 Å². The quantitative estimate of drug-likeness (QED) is 0.827. The molecule has 0 unspecified atom stereocenters. The molecule has 2 aromatic rings. The highest BCUT2D eigenvalue weighted by Crippen LogP contribution is 2.31. The molecule has 1 saturated heterocycles. The number of carbonyl (C=O) groups excluding carboxylic acids is 1. The summed E-state index contributed by atoms with van der Waals surface area (Å²) in [6, 6.07) is 0.140. The summed E-state index contributed by atoms with van der Waals surface area (Å²) in [5, 5.41) is 12.7. The number of ether oxygens (including phenoxy) is 1. The molecule has 134 valence electrons. The molecule has 0 N–H and O–H groups in total. The molecule has 8 heteroatoms. The third-order valence-electron chi connectivity index (χ3n) is 5.17. The SMILES string of the molecule is Cc1noc(C)c1C(=O)N1Cc2nnc(C3CCOCC3)n2[C@@H](C)C1. The molecule has 25 heavy (non-hydrogen) atoms. The van der Waals surface area contributed by atoms with E-state index in [2.05, 4.69) is 26.8 Å². The largest absolute Gasteiger partial charge is 0.381 e. The molecule has 2 aromatic heterocycles. The topological polar surface area (TPSA) is 86.3 Å².